The summed E-state index contributed by atoms with van der Waals surface area (Å²) in [5.74, 6) is -1.45. The van der Waals surface area contributed by atoms with Crippen molar-refractivity contribution >= 4 is 0 Å². The predicted octanol–water partition coefficient (Wildman–Crippen LogP) is 21.7. The van der Waals surface area contributed by atoms with E-state index in [0.29, 0.717) is 5.56 Å². The topological polar surface area (TPSA) is 0 Å². The van der Waals surface area contributed by atoms with E-state index in [1.165, 1.54) is 139 Å². The zero-order valence-corrected chi connectivity index (χ0v) is 50.2. The average molecular weight is 1060 g/mol. The van der Waals surface area contributed by atoms with Gasteiger partial charge in [-0.05, 0) is 230 Å². The first-order chi connectivity index (χ1) is 36.6. The quantitative estimate of drug-likeness (QED) is 0.133. The molecule has 9 rings (SSSR count). The van der Waals surface area contributed by atoms with Gasteiger partial charge in [-0.25, -0.2) is 22.0 Å². The standard InChI is InChI=1S/C10H14.3C9H12.C8H10.C7H6F2.3C7H7F/c1-7-5-8(2)10(4)9(3)6-7;1-7-4-8(2)6-9(3)5-7;1-7-4-5-8(2)9(3)6-7;1-7-5-4-6-8(2)9(7)3;1-7-3-5-8(2)6-4-7;1-5-6(8)3-2-4-7(5)9;1-6-2-4-7(8)5-3-6;1-6-3-2-4-7(8)5-6;1-6-4-2-3-5-7(6)8/h5-6H,1-4H3;3*4-6H,1-3H3;3-6H,1-2H3;2-4H,1H3;3*2-5H,1H3. The van der Waals surface area contributed by atoms with Crippen molar-refractivity contribution in [1.82, 2.24) is 0 Å². The van der Waals surface area contributed by atoms with Crippen molar-refractivity contribution in [2.24, 2.45) is 0 Å². The monoisotopic (exact) mass is 1060 g/mol. The van der Waals surface area contributed by atoms with Crippen LogP contribution in [0.2, 0.25) is 0 Å². The molecular formula is C73H87F5. The van der Waals surface area contributed by atoms with Crippen LogP contribution in [0.25, 0.3) is 0 Å². The van der Waals surface area contributed by atoms with Crippen LogP contribution in [-0.4, -0.2) is 0 Å². The minimum absolute atomic E-state index is 0.0810. The van der Waals surface area contributed by atoms with Gasteiger partial charge in [0.25, 0.3) is 0 Å². The fourth-order valence-corrected chi connectivity index (χ4v) is 7.15. The minimum Gasteiger partial charge on any atom is -0.207 e. The molecule has 0 bridgehead atoms. The molecule has 0 aliphatic heterocycles. The molecule has 78 heavy (non-hydrogen) atoms. The van der Waals surface area contributed by atoms with E-state index in [4.69, 9.17) is 0 Å². The highest BCUT2D eigenvalue weighted by molar-refractivity contribution is 5.36. The van der Waals surface area contributed by atoms with Crippen LogP contribution in [0.5, 0.6) is 0 Å². The molecule has 0 saturated heterocycles. The van der Waals surface area contributed by atoms with E-state index in [1.54, 1.807) is 37.3 Å². The number of hydrogen-bond acceptors (Lipinski definition) is 0. The van der Waals surface area contributed by atoms with Crippen molar-refractivity contribution < 1.29 is 22.0 Å². The van der Waals surface area contributed by atoms with Crippen molar-refractivity contribution in [3.05, 3.63) is 317 Å². The molecule has 0 fully saturated rings. The van der Waals surface area contributed by atoms with Crippen LogP contribution in [0.1, 0.15) is 106 Å². The lowest BCUT2D eigenvalue weighted by atomic mass is 10.0. The maximum absolute atomic E-state index is 12.3. The van der Waals surface area contributed by atoms with Gasteiger partial charge in [0.15, 0.2) is 0 Å². The van der Waals surface area contributed by atoms with Gasteiger partial charge in [-0.15, -0.1) is 0 Å². The lowest BCUT2D eigenvalue weighted by Crippen LogP contribution is -1.86. The van der Waals surface area contributed by atoms with Crippen LogP contribution < -0.4 is 0 Å². The molecule has 0 N–H and O–H groups in total. The highest BCUT2D eigenvalue weighted by Gasteiger charge is 2.00. The van der Waals surface area contributed by atoms with Crippen molar-refractivity contribution in [1.29, 1.82) is 0 Å². The number of halogens is 5. The summed E-state index contributed by atoms with van der Waals surface area (Å²) in [6, 6.07) is 55.8. The first-order valence-electron chi connectivity index (χ1n) is 26.3. The summed E-state index contributed by atoms with van der Waals surface area (Å²) >= 11 is 0. The molecule has 0 aliphatic rings. The second-order valence-corrected chi connectivity index (χ2v) is 20.1. The number of rotatable bonds is 0. The molecule has 0 spiro atoms. The summed E-state index contributed by atoms with van der Waals surface area (Å²) in [6.07, 6.45) is 0. The molecule has 0 atom stereocenters. The molecule has 414 valence electrons. The zero-order valence-electron chi connectivity index (χ0n) is 50.2. The Kier molecular flexibility index (Phi) is 32.2. The molecule has 9 aromatic rings. The Bertz CT molecular complexity index is 2860. The largest absolute Gasteiger partial charge is 0.207 e. The van der Waals surface area contributed by atoms with Crippen LogP contribution in [0.15, 0.2) is 182 Å². The van der Waals surface area contributed by atoms with E-state index in [0.717, 1.165) is 11.1 Å². The third-order valence-corrected chi connectivity index (χ3v) is 12.5. The molecule has 0 unspecified atom stereocenters. The van der Waals surface area contributed by atoms with Gasteiger partial charge < -0.3 is 0 Å². The number of aryl methyl sites for hydroxylation is 16. The van der Waals surface area contributed by atoms with Crippen LogP contribution >= 0.6 is 0 Å². The van der Waals surface area contributed by atoms with Crippen molar-refractivity contribution in [2.75, 3.05) is 0 Å². The van der Waals surface area contributed by atoms with Gasteiger partial charge in [-0.3, -0.25) is 0 Å². The molecule has 0 aromatic heterocycles. The molecule has 0 nitrogen and oxygen atoms in total. The van der Waals surface area contributed by atoms with Crippen molar-refractivity contribution in [2.45, 2.75) is 132 Å². The summed E-state index contributed by atoms with van der Waals surface area (Å²) in [5, 5.41) is 0. The van der Waals surface area contributed by atoms with Crippen LogP contribution in [0.4, 0.5) is 22.0 Å². The molecule has 0 amide bonds. The smallest absolute Gasteiger partial charge is 0.129 e. The number of benzene rings is 9. The maximum atomic E-state index is 12.3. The summed E-state index contributed by atoms with van der Waals surface area (Å²) in [6.45, 7) is 39.0. The van der Waals surface area contributed by atoms with Gasteiger partial charge in [-0.1, -0.05) is 184 Å². The minimum atomic E-state index is -0.491. The van der Waals surface area contributed by atoms with Gasteiger partial charge in [0.1, 0.15) is 29.1 Å². The van der Waals surface area contributed by atoms with Crippen molar-refractivity contribution in [3.8, 4) is 0 Å². The normalized spacial score (nSPS) is 9.54. The third-order valence-electron chi connectivity index (χ3n) is 12.5. The maximum Gasteiger partial charge on any atom is 0.129 e. The van der Waals surface area contributed by atoms with Crippen LogP contribution in [0.3, 0.4) is 0 Å². The zero-order chi connectivity index (χ0) is 59.1. The predicted molar refractivity (Wildman–Crippen MR) is 328 cm³/mol. The summed E-state index contributed by atoms with van der Waals surface area (Å²) in [4.78, 5) is 0. The summed E-state index contributed by atoms with van der Waals surface area (Å²) in [7, 11) is 0. The first kappa shape index (κ1) is 68.6. The Labute approximate surface area is 468 Å². The van der Waals surface area contributed by atoms with E-state index >= 15 is 0 Å². The number of hydrogen-bond donors (Lipinski definition) is 0. The highest BCUT2D eigenvalue weighted by atomic mass is 19.1. The molecule has 5 heteroatoms. The van der Waals surface area contributed by atoms with Crippen LogP contribution in [0, 0.1) is 161 Å². The Hall–Kier alpha value is -7.37. The Morgan fingerprint density at radius 1 is 0.179 bits per heavy atom. The fraction of sp³-hybridized carbons (Fsp3) is 0.260. The lowest BCUT2D eigenvalue weighted by molar-refractivity contribution is 0.568. The second kappa shape index (κ2) is 36.6. The van der Waals surface area contributed by atoms with E-state index in [9.17, 15) is 22.0 Å². The molecule has 9 aromatic carbocycles. The van der Waals surface area contributed by atoms with Gasteiger partial charge in [0, 0.05) is 5.56 Å². The Morgan fingerprint density at radius 3 is 0.846 bits per heavy atom. The first-order valence-corrected chi connectivity index (χ1v) is 26.3. The second-order valence-electron chi connectivity index (χ2n) is 20.1. The van der Waals surface area contributed by atoms with E-state index in [1.807, 2.05) is 26.0 Å². The summed E-state index contributed by atoms with van der Waals surface area (Å²) in [5.41, 5.74) is 23.4. The molecule has 0 aliphatic carbocycles. The third kappa shape index (κ3) is 29.8. The Morgan fingerprint density at radius 2 is 0.513 bits per heavy atom. The molecular weight excluding hydrogens is 972 g/mol. The van der Waals surface area contributed by atoms with Gasteiger partial charge in [-0.2, -0.15) is 0 Å². The van der Waals surface area contributed by atoms with Gasteiger partial charge in [0.2, 0.25) is 0 Å². The van der Waals surface area contributed by atoms with Crippen molar-refractivity contribution in [3.63, 3.8) is 0 Å². The average Bonchev–Trinajstić information content (AvgIpc) is 3.37. The molecule has 0 radical (unpaired) electrons. The van der Waals surface area contributed by atoms with Gasteiger partial charge >= 0.3 is 0 Å². The Balaban J connectivity index is 0.000000439. The SMILES string of the molecule is Cc1c(F)cccc1F.Cc1cc(C)c(C)c(C)c1.Cc1cc(C)cc(C)c1.Cc1ccc(C)c(C)c1.Cc1ccc(C)cc1.Cc1ccc(F)cc1.Cc1cccc(C)c1C.Cc1cccc(F)c1.Cc1ccccc1F. The van der Waals surface area contributed by atoms with Gasteiger partial charge in [0.05, 0.1) is 0 Å². The summed E-state index contributed by atoms with van der Waals surface area (Å²) < 4.78 is 61.3. The highest BCUT2D eigenvalue weighted by Crippen LogP contribution is 2.15. The van der Waals surface area contributed by atoms with E-state index in [2.05, 4.69) is 195 Å². The molecule has 0 saturated carbocycles. The van der Waals surface area contributed by atoms with E-state index < -0.39 is 11.6 Å². The van der Waals surface area contributed by atoms with Crippen LogP contribution in [-0.2, 0) is 0 Å². The molecule has 0 heterocycles. The lowest BCUT2D eigenvalue weighted by Gasteiger charge is -2.04. The fourth-order valence-electron chi connectivity index (χ4n) is 7.15. The van der Waals surface area contributed by atoms with E-state index in [-0.39, 0.29) is 23.0 Å².